The van der Waals surface area contributed by atoms with Crippen LogP contribution < -0.4 is 4.74 Å². The Kier molecular flexibility index (Phi) is 5.43. The second-order valence-electron chi connectivity index (χ2n) is 8.30. The van der Waals surface area contributed by atoms with Gasteiger partial charge in [0.05, 0.1) is 12.6 Å². The van der Waals surface area contributed by atoms with Crippen LogP contribution in [-0.4, -0.2) is 35.0 Å². The number of carbonyl (C=O) groups excluding carboxylic acids is 1. The highest BCUT2D eigenvalue weighted by Gasteiger charge is 2.62. The number of benzene rings is 1. The van der Waals surface area contributed by atoms with Gasteiger partial charge in [-0.3, -0.25) is 4.90 Å². The molecule has 1 saturated heterocycles. The predicted octanol–water partition coefficient (Wildman–Crippen LogP) is 6.00. The van der Waals surface area contributed by atoms with Gasteiger partial charge in [-0.05, 0) is 67.2 Å². The Morgan fingerprint density at radius 3 is 2.64 bits per heavy atom. The molecule has 2 unspecified atom stereocenters. The van der Waals surface area contributed by atoms with Crippen molar-refractivity contribution in [2.45, 2.75) is 60.7 Å². The van der Waals surface area contributed by atoms with E-state index in [1.54, 1.807) is 7.11 Å². The first-order chi connectivity index (χ1) is 13.3. The number of piperidine rings is 1. The lowest BCUT2D eigenvalue weighted by molar-refractivity contribution is -0.111. The summed E-state index contributed by atoms with van der Waals surface area (Å²) in [7, 11) is 1.68. The highest BCUT2D eigenvalue weighted by Crippen LogP contribution is 2.64. The lowest BCUT2D eigenvalue weighted by Crippen LogP contribution is -2.65. The van der Waals surface area contributed by atoms with Gasteiger partial charge in [-0.2, -0.15) is 0 Å². The second-order valence-corrected chi connectivity index (χ2v) is 10.8. The van der Waals surface area contributed by atoms with Crippen molar-refractivity contribution in [3.8, 4) is 5.75 Å². The smallest absolute Gasteiger partial charge is 0.410 e. The number of aryl methyl sites for hydroxylation is 1. The van der Waals surface area contributed by atoms with Crippen LogP contribution in [-0.2, 0) is 16.7 Å². The first-order valence-corrected chi connectivity index (χ1v) is 11.1. The van der Waals surface area contributed by atoms with E-state index in [-0.39, 0.29) is 23.7 Å². The Morgan fingerprint density at radius 1 is 1.14 bits per heavy atom. The summed E-state index contributed by atoms with van der Waals surface area (Å²) in [5.41, 5.74) is 2.25. The van der Waals surface area contributed by atoms with Gasteiger partial charge in [0.1, 0.15) is 12.4 Å². The van der Waals surface area contributed by atoms with Crippen LogP contribution in [0.15, 0.2) is 18.2 Å². The fourth-order valence-corrected chi connectivity index (χ4v) is 6.15. The highest BCUT2D eigenvalue weighted by atomic mass is 35.6. The van der Waals surface area contributed by atoms with Gasteiger partial charge in [0, 0.05) is 6.54 Å². The predicted molar refractivity (Wildman–Crippen MR) is 111 cm³/mol. The number of rotatable bonds is 2. The number of ether oxygens (including phenoxy) is 2. The molecular formula is C21H26Cl3NO3. The summed E-state index contributed by atoms with van der Waals surface area (Å²) < 4.78 is 9.39. The zero-order valence-electron chi connectivity index (χ0n) is 16.1. The zero-order valence-corrected chi connectivity index (χ0v) is 18.4. The molecule has 28 heavy (non-hydrogen) atoms. The average Bonchev–Trinajstić information content (AvgIpc) is 2.69. The number of alkyl halides is 3. The molecule has 2 fully saturated rings. The van der Waals surface area contributed by atoms with Gasteiger partial charge in [0.15, 0.2) is 0 Å². The molecule has 2 atom stereocenters. The molecular weight excluding hydrogens is 421 g/mol. The Morgan fingerprint density at radius 2 is 1.89 bits per heavy atom. The van der Waals surface area contributed by atoms with Crippen molar-refractivity contribution in [1.82, 2.24) is 4.90 Å². The molecule has 0 aromatic heterocycles. The lowest BCUT2D eigenvalue weighted by atomic mass is 9.49. The quantitative estimate of drug-likeness (QED) is 0.523. The number of halogens is 3. The third-order valence-corrected chi connectivity index (χ3v) is 7.36. The highest BCUT2D eigenvalue weighted by molar-refractivity contribution is 6.67. The van der Waals surface area contributed by atoms with Crippen molar-refractivity contribution in [1.29, 1.82) is 0 Å². The minimum atomic E-state index is -1.61. The van der Waals surface area contributed by atoms with Crippen molar-refractivity contribution in [3.05, 3.63) is 29.3 Å². The molecule has 0 bridgehead atoms. The molecule has 0 N–H and O–H groups in total. The molecule has 0 radical (unpaired) electrons. The van der Waals surface area contributed by atoms with Crippen LogP contribution in [0, 0.1) is 5.41 Å². The van der Waals surface area contributed by atoms with E-state index >= 15 is 0 Å². The van der Waals surface area contributed by atoms with Gasteiger partial charge < -0.3 is 9.47 Å². The zero-order chi connectivity index (χ0) is 20.0. The topological polar surface area (TPSA) is 38.8 Å². The average molecular weight is 447 g/mol. The molecule has 0 spiro atoms. The van der Waals surface area contributed by atoms with Crippen molar-refractivity contribution in [3.63, 3.8) is 0 Å². The Labute approximate surface area is 181 Å². The van der Waals surface area contributed by atoms with Gasteiger partial charge in [-0.1, -0.05) is 53.7 Å². The van der Waals surface area contributed by atoms with E-state index in [2.05, 4.69) is 12.1 Å². The fraction of sp³-hybridized carbons (Fsp3) is 0.667. The largest absolute Gasteiger partial charge is 0.497 e. The van der Waals surface area contributed by atoms with E-state index in [0.29, 0.717) is 6.54 Å². The summed E-state index contributed by atoms with van der Waals surface area (Å²) in [6.07, 6.45) is 8.24. The number of amides is 1. The van der Waals surface area contributed by atoms with Gasteiger partial charge >= 0.3 is 6.09 Å². The molecule has 154 valence electrons. The maximum absolute atomic E-state index is 13.2. The molecule has 2 aliphatic carbocycles. The summed E-state index contributed by atoms with van der Waals surface area (Å²) >= 11 is 17.5. The summed E-state index contributed by atoms with van der Waals surface area (Å²) in [5, 5.41) is 0. The van der Waals surface area contributed by atoms with E-state index in [1.165, 1.54) is 17.5 Å². The van der Waals surface area contributed by atoms with E-state index < -0.39 is 3.79 Å². The van der Waals surface area contributed by atoms with E-state index in [9.17, 15) is 4.79 Å². The van der Waals surface area contributed by atoms with Crippen LogP contribution in [0.5, 0.6) is 5.75 Å². The van der Waals surface area contributed by atoms with Crippen LogP contribution in [0.4, 0.5) is 4.79 Å². The van der Waals surface area contributed by atoms with E-state index in [0.717, 1.165) is 50.7 Å². The van der Waals surface area contributed by atoms with Crippen molar-refractivity contribution in [2.75, 3.05) is 20.3 Å². The van der Waals surface area contributed by atoms with Crippen LogP contribution in [0.25, 0.3) is 0 Å². The standard InChI is InChI=1S/C21H26Cl3NO3/c1-27-16-6-5-15-7-11-19-8-2-3-10-20(19,17(15)13-16)25(12-4-9-19)18(26)28-14-21(22,23)24/h5-6,13H,2-4,7-12,14H2,1H3. The third kappa shape index (κ3) is 3.26. The monoisotopic (exact) mass is 445 g/mol. The number of hydrogen-bond acceptors (Lipinski definition) is 3. The minimum Gasteiger partial charge on any atom is -0.497 e. The first kappa shape index (κ1) is 20.4. The van der Waals surface area contributed by atoms with Crippen LogP contribution >= 0.6 is 34.8 Å². The SMILES string of the molecule is COc1ccc2c(c1)C13CCCCC1(CCCN3C(=O)OCC(Cl)(Cl)Cl)CC2. The molecule has 1 heterocycles. The molecule has 1 saturated carbocycles. The Bertz CT molecular complexity index is 762. The van der Waals surface area contributed by atoms with Gasteiger partial charge in [0.25, 0.3) is 0 Å². The van der Waals surface area contributed by atoms with E-state index in [1.807, 2.05) is 11.0 Å². The molecule has 4 nitrogen and oxygen atoms in total. The molecule has 1 aromatic rings. The lowest BCUT2D eigenvalue weighted by Gasteiger charge is -2.64. The van der Waals surface area contributed by atoms with Gasteiger partial charge in [-0.25, -0.2) is 4.79 Å². The second kappa shape index (κ2) is 7.45. The third-order valence-electron chi connectivity index (χ3n) is 7.03. The van der Waals surface area contributed by atoms with Crippen molar-refractivity contribution >= 4 is 40.9 Å². The summed E-state index contributed by atoms with van der Waals surface area (Å²) in [6.45, 7) is 0.415. The van der Waals surface area contributed by atoms with E-state index in [4.69, 9.17) is 44.3 Å². The molecule has 7 heteroatoms. The molecule has 1 amide bonds. The fourth-order valence-electron chi connectivity index (χ4n) is 5.99. The van der Waals surface area contributed by atoms with Gasteiger partial charge in [0.2, 0.25) is 3.79 Å². The summed E-state index contributed by atoms with van der Waals surface area (Å²) in [6, 6.07) is 6.30. The number of methoxy groups -OCH3 is 1. The molecule has 1 aliphatic heterocycles. The molecule has 4 rings (SSSR count). The number of nitrogens with zero attached hydrogens (tertiary/aromatic N) is 1. The Balaban J connectivity index is 1.80. The minimum absolute atomic E-state index is 0.0852. The Hall–Kier alpha value is -0.840. The van der Waals surface area contributed by atoms with Crippen LogP contribution in [0.1, 0.15) is 56.1 Å². The van der Waals surface area contributed by atoms with Crippen molar-refractivity contribution in [2.24, 2.45) is 5.41 Å². The summed E-state index contributed by atoms with van der Waals surface area (Å²) in [5.74, 6) is 0.828. The maximum Gasteiger partial charge on any atom is 0.410 e. The number of hydrogen-bond donors (Lipinski definition) is 0. The van der Waals surface area contributed by atoms with Crippen LogP contribution in [0.2, 0.25) is 0 Å². The molecule has 3 aliphatic rings. The maximum atomic E-state index is 13.2. The van der Waals surface area contributed by atoms with Gasteiger partial charge in [-0.15, -0.1) is 0 Å². The first-order valence-electron chi connectivity index (χ1n) is 10.00. The number of carbonyl (C=O) groups is 1. The normalized spacial score (nSPS) is 29.4. The summed E-state index contributed by atoms with van der Waals surface area (Å²) in [4.78, 5) is 15.2. The number of fused-ring (bicyclic) bond motifs is 1. The van der Waals surface area contributed by atoms with Crippen LogP contribution in [0.3, 0.4) is 0 Å². The molecule has 1 aromatic carbocycles. The number of likely N-dealkylation sites (tertiary alicyclic amines) is 1. The van der Waals surface area contributed by atoms with Crippen molar-refractivity contribution < 1.29 is 14.3 Å².